The summed E-state index contributed by atoms with van der Waals surface area (Å²) in [5.74, 6) is -0.147. The Hall–Kier alpha value is -1.86. The summed E-state index contributed by atoms with van der Waals surface area (Å²) in [6.07, 6.45) is 1.54. The molecular weight excluding hydrogens is 407 g/mol. The van der Waals surface area contributed by atoms with E-state index in [4.69, 9.17) is 23.2 Å². The van der Waals surface area contributed by atoms with Crippen LogP contribution in [0.15, 0.2) is 53.9 Å². The fourth-order valence-electron chi connectivity index (χ4n) is 2.77. The van der Waals surface area contributed by atoms with Crippen LogP contribution >= 0.6 is 23.2 Å². The summed E-state index contributed by atoms with van der Waals surface area (Å²) in [4.78, 5) is 14.2. The minimum atomic E-state index is -3.55. The Labute approximate surface area is 168 Å². The molecule has 0 spiro atoms. The summed E-state index contributed by atoms with van der Waals surface area (Å²) >= 11 is 11.8. The number of piperazine rings is 1. The third-order valence-electron chi connectivity index (χ3n) is 4.26. The fraction of sp³-hybridized carbons (Fsp3) is 0.211. The molecule has 1 amide bonds. The van der Waals surface area contributed by atoms with Crippen molar-refractivity contribution in [3.8, 4) is 0 Å². The Morgan fingerprint density at radius 1 is 0.926 bits per heavy atom. The maximum atomic E-state index is 12.5. The number of nitrogens with zero attached hydrogens (tertiary/aromatic N) is 2. The average Bonchev–Trinajstić information content (AvgIpc) is 2.67. The number of rotatable bonds is 4. The predicted octanol–water partition coefficient (Wildman–Crippen LogP) is 3.75. The highest BCUT2D eigenvalue weighted by molar-refractivity contribution is 7.92. The standard InChI is InChI=1S/C19H18Cl2N2O3S/c20-17-6-4-15(5-7-17)8-13-27(25,26)23-11-9-22(10-12-23)19(24)16-2-1-3-18(21)14-16/h1-8,13-14H,9-12H2/b13-8+. The Morgan fingerprint density at radius 2 is 1.59 bits per heavy atom. The van der Waals surface area contributed by atoms with Crippen molar-refractivity contribution in [1.82, 2.24) is 9.21 Å². The summed E-state index contributed by atoms with van der Waals surface area (Å²) < 4.78 is 26.4. The third kappa shape index (κ3) is 5.11. The molecule has 0 saturated carbocycles. The van der Waals surface area contributed by atoms with Crippen LogP contribution in [0.4, 0.5) is 0 Å². The number of hydrogen-bond acceptors (Lipinski definition) is 3. The van der Waals surface area contributed by atoms with Crippen LogP contribution in [0.3, 0.4) is 0 Å². The van der Waals surface area contributed by atoms with Crippen LogP contribution in [0.1, 0.15) is 15.9 Å². The van der Waals surface area contributed by atoms with Gasteiger partial charge < -0.3 is 4.90 Å². The highest BCUT2D eigenvalue weighted by atomic mass is 35.5. The lowest BCUT2D eigenvalue weighted by Crippen LogP contribution is -2.50. The number of carbonyl (C=O) groups is 1. The number of sulfonamides is 1. The summed E-state index contributed by atoms with van der Waals surface area (Å²) in [5.41, 5.74) is 1.25. The number of amides is 1. The van der Waals surface area contributed by atoms with Crippen molar-refractivity contribution in [2.24, 2.45) is 0 Å². The van der Waals surface area contributed by atoms with E-state index in [0.29, 0.717) is 28.7 Å². The van der Waals surface area contributed by atoms with Crippen molar-refractivity contribution < 1.29 is 13.2 Å². The molecular formula is C19H18Cl2N2O3S. The molecule has 0 N–H and O–H groups in total. The van der Waals surface area contributed by atoms with Gasteiger partial charge in [-0.3, -0.25) is 4.79 Å². The monoisotopic (exact) mass is 424 g/mol. The molecule has 142 valence electrons. The third-order valence-corrected chi connectivity index (χ3v) is 6.31. The van der Waals surface area contributed by atoms with Gasteiger partial charge in [0.1, 0.15) is 0 Å². The van der Waals surface area contributed by atoms with Crippen molar-refractivity contribution in [3.63, 3.8) is 0 Å². The Balaban J connectivity index is 1.62. The highest BCUT2D eigenvalue weighted by Crippen LogP contribution is 2.17. The number of hydrogen-bond donors (Lipinski definition) is 0. The Bertz CT molecular complexity index is 951. The van der Waals surface area contributed by atoms with Crippen molar-refractivity contribution >= 4 is 45.2 Å². The molecule has 0 radical (unpaired) electrons. The smallest absolute Gasteiger partial charge is 0.253 e. The lowest BCUT2D eigenvalue weighted by molar-refractivity contribution is 0.0698. The van der Waals surface area contributed by atoms with E-state index in [-0.39, 0.29) is 19.0 Å². The van der Waals surface area contributed by atoms with Crippen LogP contribution in [0.5, 0.6) is 0 Å². The topological polar surface area (TPSA) is 57.7 Å². The van der Waals surface area contributed by atoms with Crippen molar-refractivity contribution in [2.45, 2.75) is 0 Å². The first-order valence-corrected chi connectivity index (χ1v) is 10.6. The van der Waals surface area contributed by atoms with Crippen molar-refractivity contribution in [1.29, 1.82) is 0 Å². The van der Waals surface area contributed by atoms with Gasteiger partial charge >= 0.3 is 0 Å². The van der Waals surface area contributed by atoms with Crippen LogP contribution in [0, 0.1) is 0 Å². The van der Waals surface area contributed by atoms with Crippen LogP contribution in [-0.4, -0.2) is 49.7 Å². The van der Waals surface area contributed by atoms with Gasteiger partial charge in [-0.1, -0.05) is 41.4 Å². The van der Waals surface area contributed by atoms with E-state index >= 15 is 0 Å². The van der Waals surface area contributed by atoms with Crippen LogP contribution in [0.25, 0.3) is 6.08 Å². The van der Waals surface area contributed by atoms with Gasteiger partial charge in [0.05, 0.1) is 0 Å². The zero-order valence-corrected chi connectivity index (χ0v) is 16.7. The molecule has 5 nitrogen and oxygen atoms in total. The Morgan fingerprint density at radius 3 is 2.22 bits per heavy atom. The van der Waals surface area contributed by atoms with Crippen LogP contribution < -0.4 is 0 Å². The van der Waals surface area contributed by atoms with Gasteiger partial charge in [0.25, 0.3) is 5.91 Å². The molecule has 1 aliphatic rings. The first-order valence-electron chi connectivity index (χ1n) is 8.34. The molecule has 1 saturated heterocycles. The quantitative estimate of drug-likeness (QED) is 0.750. The van der Waals surface area contributed by atoms with E-state index in [1.54, 1.807) is 53.4 Å². The molecule has 0 bridgehead atoms. The Kier molecular flexibility index (Phi) is 6.22. The summed E-state index contributed by atoms with van der Waals surface area (Å²) in [7, 11) is -3.55. The molecule has 2 aromatic carbocycles. The molecule has 0 aliphatic carbocycles. The highest BCUT2D eigenvalue weighted by Gasteiger charge is 2.27. The van der Waals surface area contributed by atoms with Gasteiger partial charge in [0.2, 0.25) is 10.0 Å². The zero-order chi connectivity index (χ0) is 19.4. The second kappa shape index (κ2) is 8.44. The molecule has 3 rings (SSSR count). The molecule has 8 heteroatoms. The minimum Gasteiger partial charge on any atom is -0.336 e. The maximum Gasteiger partial charge on any atom is 0.253 e. The maximum absolute atomic E-state index is 12.5. The lowest BCUT2D eigenvalue weighted by Gasteiger charge is -2.33. The van der Waals surface area contributed by atoms with Gasteiger partial charge in [-0.05, 0) is 42.0 Å². The van der Waals surface area contributed by atoms with E-state index in [9.17, 15) is 13.2 Å². The molecule has 2 aromatic rings. The van der Waals surface area contributed by atoms with E-state index < -0.39 is 10.0 Å². The van der Waals surface area contributed by atoms with Crippen LogP contribution in [-0.2, 0) is 10.0 Å². The fourth-order valence-corrected chi connectivity index (χ4v) is 4.26. The number of carbonyl (C=O) groups excluding carboxylic acids is 1. The average molecular weight is 425 g/mol. The molecule has 27 heavy (non-hydrogen) atoms. The van der Waals surface area contributed by atoms with E-state index in [1.807, 2.05) is 0 Å². The SMILES string of the molecule is O=C(c1cccc(Cl)c1)N1CCN(S(=O)(=O)/C=C/c2ccc(Cl)cc2)CC1. The van der Waals surface area contributed by atoms with Gasteiger partial charge in [-0.25, -0.2) is 8.42 Å². The van der Waals surface area contributed by atoms with Crippen molar-refractivity contribution in [3.05, 3.63) is 75.1 Å². The molecule has 0 aromatic heterocycles. The minimum absolute atomic E-state index is 0.147. The van der Waals surface area contributed by atoms with E-state index in [1.165, 1.54) is 15.8 Å². The van der Waals surface area contributed by atoms with Gasteiger partial charge in [-0.2, -0.15) is 4.31 Å². The molecule has 1 aliphatic heterocycles. The molecule has 0 atom stereocenters. The zero-order valence-electron chi connectivity index (χ0n) is 14.4. The lowest BCUT2D eigenvalue weighted by atomic mass is 10.2. The summed E-state index contributed by atoms with van der Waals surface area (Å²) in [6.45, 7) is 1.16. The second-order valence-corrected chi connectivity index (χ2v) is 8.79. The van der Waals surface area contributed by atoms with Gasteiger partial charge in [0.15, 0.2) is 0 Å². The van der Waals surface area contributed by atoms with Gasteiger partial charge in [-0.15, -0.1) is 0 Å². The second-order valence-electron chi connectivity index (χ2n) is 6.10. The first-order chi connectivity index (χ1) is 12.8. The molecule has 0 unspecified atom stereocenters. The summed E-state index contributed by atoms with van der Waals surface area (Å²) in [5, 5.41) is 2.27. The summed E-state index contributed by atoms with van der Waals surface area (Å²) in [6, 6.07) is 13.6. The first kappa shape index (κ1) is 19.9. The van der Waals surface area contributed by atoms with Crippen molar-refractivity contribution in [2.75, 3.05) is 26.2 Å². The van der Waals surface area contributed by atoms with E-state index in [0.717, 1.165) is 5.56 Å². The number of halogens is 2. The van der Waals surface area contributed by atoms with E-state index in [2.05, 4.69) is 0 Å². The number of benzene rings is 2. The normalized spacial score (nSPS) is 16.0. The predicted molar refractivity (Wildman–Crippen MR) is 108 cm³/mol. The van der Waals surface area contributed by atoms with Gasteiger partial charge in [0, 0.05) is 47.2 Å². The largest absolute Gasteiger partial charge is 0.336 e. The molecule has 1 heterocycles. The van der Waals surface area contributed by atoms with Crippen LogP contribution in [0.2, 0.25) is 10.0 Å². The molecule has 1 fully saturated rings.